The van der Waals surface area contributed by atoms with Crippen LogP contribution in [0.25, 0.3) is 0 Å². The van der Waals surface area contributed by atoms with E-state index in [0.717, 1.165) is 5.75 Å². The van der Waals surface area contributed by atoms with Gasteiger partial charge in [0.05, 0.1) is 13.2 Å². The smallest absolute Gasteiger partial charge is 0.0514 e. The largest absolute Gasteiger partial charge is 0.396 e. The fourth-order valence-corrected chi connectivity index (χ4v) is 1.37. The van der Waals surface area contributed by atoms with Crippen LogP contribution in [0.2, 0.25) is 0 Å². The Morgan fingerprint density at radius 2 is 1.78 bits per heavy atom. The van der Waals surface area contributed by atoms with Gasteiger partial charge in [-0.25, -0.2) is 0 Å². The van der Waals surface area contributed by atoms with E-state index in [1.54, 1.807) is 11.8 Å². The van der Waals surface area contributed by atoms with Gasteiger partial charge in [-0.05, 0) is 6.26 Å². The number of thioether (sulfide) groups is 1. The lowest BCUT2D eigenvalue weighted by Gasteiger charge is -2.22. The lowest BCUT2D eigenvalue weighted by atomic mass is 9.96. The Kier molecular flexibility index (Phi) is 4.27. The lowest BCUT2D eigenvalue weighted by Crippen LogP contribution is -2.28. The van der Waals surface area contributed by atoms with Gasteiger partial charge in [-0.3, -0.25) is 0 Å². The summed E-state index contributed by atoms with van der Waals surface area (Å²) in [6, 6.07) is 0. The van der Waals surface area contributed by atoms with Crippen LogP contribution >= 0.6 is 11.8 Å². The van der Waals surface area contributed by atoms with E-state index in [1.165, 1.54) is 0 Å². The van der Waals surface area contributed by atoms with Crippen molar-refractivity contribution in [3.63, 3.8) is 0 Å². The predicted molar refractivity (Wildman–Crippen MR) is 40.7 cm³/mol. The summed E-state index contributed by atoms with van der Waals surface area (Å²) >= 11 is 1.64. The van der Waals surface area contributed by atoms with E-state index >= 15 is 0 Å². The maximum atomic E-state index is 8.74. The molecule has 0 radical (unpaired) electrons. The fraction of sp³-hybridized carbons (Fsp3) is 1.00. The van der Waals surface area contributed by atoms with Crippen molar-refractivity contribution >= 4 is 11.8 Å². The minimum Gasteiger partial charge on any atom is -0.396 e. The molecule has 0 aromatic heterocycles. The van der Waals surface area contributed by atoms with Gasteiger partial charge in [0.2, 0.25) is 0 Å². The van der Waals surface area contributed by atoms with Crippen molar-refractivity contribution in [2.75, 3.05) is 25.2 Å². The zero-order valence-corrected chi connectivity index (χ0v) is 6.74. The Labute approximate surface area is 60.3 Å². The summed E-state index contributed by atoms with van der Waals surface area (Å²) in [5.41, 5.74) is -0.292. The van der Waals surface area contributed by atoms with Crippen LogP contribution in [0.4, 0.5) is 0 Å². The summed E-state index contributed by atoms with van der Waals surface area (Å²) in [6.45, 7) is 1.98. The number of hydrogen-bond acceptors (Lipinski definition) is 3. The van der Waals surface area contributed by atoms with Gasteiger partial charge >= 0.3 is 0 Å². The third-order valence-electron chi connectivity index (χ3n) is 1.26. The normalized spacial score (nSPS) is 12.0. The second-order valence-corrected chi connectivity index (χ2v) is 3.43. The van der Waals surface area contributed by atoms with Gasteiger partial charge in [0.25, 0.3) is 0 Å². The second kappa shape index (κ2) is 4.14. The van der Waals surface area contributed by atoms with Crippen LogP contribution in [0.3, 0.4) is 0 Å². The molecular formula is C6H14O2S. The summed E-state index contributed by atoms with van der Waals surface area (Å²) in [5.74, 6) is 0.806. The third-order valence-corrected chi connectivity index (χ3v) is 2.24. The standard InChI is InChI=1S/C6H14O2S/c1-6(3-7,4-8)5-9-2/h7-8H,3-5H2,1-2H3. The SMILES string of the molecule is CSCC(C)(CO)CO. The van der Waals surface area contributed by atoms with E-state index in [2.05, 4.69) is 0 Å². The molecule has 2 nitrogen and oxygen atoms in total. The zero-order chi connectivity index (χ0) is 7.33. The maximum absolute atomic E-state index is 8.74. The molecule has 0 fully saturated rings. The molecule has 0 rings (SSSR count). The topological polar surface area (TPSA) is 40.5 Å². The van der Waals surface area contributed by atoms with Gasteiger partial charge in [0, 0.05) is 11.2 Å². The fourth-order valence-electron chi connectivity index (χ4n) is 0.490. The molecule has 0 bridgehead atoms. The molecule has 0 amide bonds. The molecule has 0 unspecified atom stereocenters. The van der Waals surface area contributed by atoms with Crippen molar-refractivity contribution in [3.05, 3.63) is 0 Å². The van der Waals surface area contributed by atoms with Crippen LogP contribution in [0.15, 0.2) is 0 Å². The first-order valence-corrected chi connectivity index (χ1v) is 4.28. The van der Waals surface area contributed by atoms with Gasteiger partial charge in [-0.15, -0.1) is 0 Å². The summed E-state index contributed by atoms with van der Waals surface area (Å²) in [5, 5.41) is 17.5. The minimum absolute atomic E-state index is 0.0599. The molecule has 2 N–H and O–H groups in total. The van der Waals surface area contributed by atoms with Crippen molar-refractivity contribution in [3.8, 4) is 0 Å². The molecule has 9 heavy (non-hydrogen) atoms. The van der Waals surface area contributed by atoms with E-state index in [9.17, 15) is 0 Å². The Hall–Kier alpha value is 0.270. The van der Waals surface area contributed by atoms with Gasteiger partial charge in [0.15, 0.2) is 0 Å². The van der Waals surface area contributed by atoms with Gasteiger partial charge in [-0.1, -0.05) is 6.92 Å². The van der Waals surface area contributed by atoms with E-state index in [4.69, 9.17) is 10.2 Å². The number of rotatable bonds is 4. The highest BCUT2D eigenvalue weighted by molar-refractivity contribution is 7.98. The van der Waals surface area contributed by atoms with Gasteiger partial charge in [-0.2, -0.15) is 11.8 Å². The highest BCUT2D eigenvalue weighted by Gasteiger charge is 2.20. The van der Waals surface area contributed by atoms with Crippen LogP contribution in [-0.4, -0.2) is 35.4 Å². The number of aliphatic hydroxyl groups excluding tert-OH is 2. The van der Waals surface area contributed by atoms with Crippen molar-refractivity contribution < 1.29 is 10.2 Å². The van der Waals surface area contributed by atoms with Crippen LogP contribution < -0.4 is 0 Å². The van der Waals surface area contributed by atoms with Crippen molar-refractivity contribution in [2.24, 2.45) is 5.41 Å². The molecule has 3 heteroatoms. The lowest BCUT2D eigenvalue weighted by molar-refractivity contribution is 0.0895. The van der Waals surface area contributed by atoms with Crippen LogP contribution in [-0.2, 0) is 0 Å². The Morgan fingerprint density at radius 3 is 1.89 bits per heavy atom. The molecular weight excluding hydrogens is 136 g/mol. The predicted octanol–water partition coefficient (Wildman–Crippen LogP) is 0.340. The zero-order valence-electron chi connectivity index (χ0n) is 5.92. The van der Waals surface area contributed by atoms with Gasteiger partial charge in [0.1, 0.15) is 0 Å². The molecule has 0 aliphatic carbocycles. The molecule has 56 valence electrons. The average molecular weight is 150 g/mol. The Balaban J connectivity index is 3.62. The van der Waals surface area contributed by atoms with Crippen molar-refractivity contribution in [2.45, 2.75) is 6.92 Å². The Bertz CT molecular complexity index is 71.5. The van der Waals surface area contributed by atoms with E-state index in [-0.39, 0.29) is 18.6 Å². The van der Waals surface area contributed by atoms with Gasteiger partial charge < -0.3 is 10.2 Å². The van der Waals surface area contributed by atoms with E-state index in [0.29, 0.717) is 0 Å². The average Bonchev–Trinajstić information content (AvgIpc) is 1.89. The monoisotopic (exact) mass is 150 g/mol. The van der Waals surface area contributed by atoms with Crippen LogP contribution in [0, 0.1) is 5.41 Å². The number of hydrogen-bond donors (Lipinski definition) is 2. The summed E-state index contributed by atoms with van der Waals surface area (Å²) < 4.78 is 0. The van der Waals surface area contributed by atoms with E-state index in [1.807, 2.05) is 13.2 Å². The second-order valence-electron chi connectivity index (χ2n) is 2.56. The molecule has 0 saturated heterocycles. The Morgan fingerprint density at radius 1 is 1.33 bits per heavy atom. The first kappa shape index (κ1) is 9.27. The highest BCUT2D eigenvalue weighted by Crippen LogP contribution is 2.18. The van der Waals surface area contributed by atoms with Crippen LogP contribution in [0.5, 0.6) is 0 Å². The molecule has 0 aliphatic rings. The first-order chi connectivity index (χ1) is 4.18. The molecule has 0 spiro atoms. The van der Waals surface area contributed by atoms with Crippen molar-refractivity contribution in [1.82, 2.24) is 0 Å². The molecule has 0 aliphatic heterocycles. The summed E-state index contributed by atoms with van der Waals surface area (Å²) in [7, 11) is 0. The molecule has 0 saturated carbocycles. The van der Waals surface area contributed by atoms with E-state index < -0.39 is 0 Å². The number of aliphatic hydroxyl groups is 2. The highest BCUT2D eigenvalue weighted by atomic mass is 32.2. The molecule has 0 atom stereocenters. The summed E-state index contributed by atoms with van der Waals surface area (Å²) in [6.07, 6.45) is 1.96. The maximum Gasteiger partial charge on any atom is 0.0514 e. The minimum atomic E-state index is -0.292. The summed E-state index contributed by atoms with van der Waals surface area (Å²) in [4.78, 5) is 0. The molecule has 0 aromatic rings. The molecule has 0 heterocycles. The third kappa shape index (κ3) is 3.08. The van der Waals surface area contributed by atoms with Crippen LogP contribution in [0.1, 0.15) is 6.92 Å². The molecule has 0 aromatic carbocycles. The first-order valence-electron chi connectivity index (χ1n) is 2.89. The quantitative estimate of drug-likeness (QED) is 0.607. The van der Waals surface area contributed by atoms with Crippen molar-refractivity contribution in [1.29, 1.82) is 0 Å².